The number of imidazole rings is 1. The van der Waals surface area contributed by atoms with E-state index in [2.05, 4.69) is 15.0 Å². The van der Waals surface area contributed by atoms with E-state index < -0.39 is 21.7 Å². The van der Waals surface area contributed by atoms with Crippen molar-refractivity contribution in [1.82, 2.24) is 19.4 Å². The average molecular weight is 426 g/mol. The first-order chi connectivity index (χ1) is 13.6. The van der Waals surface area contributed by atoms with Crippen LogP contribution in [0.5, 0.6) is 0 Å². The van der Waals surface area contributed by atoms with E-state index in [1.54, 1.807) is 6.07 Å². The zero-order chi connectivity index (χ0) is 20.8. The molecule has 0 amide bonds. The minimum Gasteiger partial charge on any atom is -0.352 e. The summed E-state index contributed by atoms with van der Waals surface area (Å²) in [5, 5.41) is 0. The summed E-state index contributed by atoms with van der Waals surface area (Å²) >= 11 is 0. The van der Waals surface area contributed by atoms with Crippen LogP contribution in [0.1, 0.15) is 5.69 Å². The van der Waals surface area contributed by atoms with E-state index in [1.165, 1.54) is 29.1 Å². The Hall–Kier alpha value is -2.89. The van der Waals surface area contributed by atoms with Crippen molar-refractivity contribution < 1.29 is 21.6 Å². The first kappa shape index (κ1) is 19.4. The molecule has 1 fully saturated rings. The van der Waals surface area contributed by atoms with Crippen LogP contribution in [-0.4, -0.2) is 60.2 Å². The number of anilines is 2. The highest BCUT2D eigenvalue weighted by Gasteiger charge is 2.35. The van der Waals surface area contributed by atoms with Crippen molar-refractivity contribution in [3.63, 3.8) is 0 Å². The Balaban J connectivity index is 1.59. The number of hydrogen-bond donors (Lipinski definition) is 0. The first-order valence-electron chi connectivity index (χ1n) is 8.70. The molecule has 0 radical (unpaired) electrons. The molecule has 0 unspecified atom stereocenters. The van der Waals surface area contributed by atoms with Gasteiger partial charge in [-0.15, -0.1) is 0 Å². The summed E-state index contributed by atoms with van der Waals surface area (Å²) in [7, 11) is -3.44. The van der Waals surface area contributed by atoms with E-state index >= 15 is 0 Å². The Morgan fingerprint density at radius 2 is 1.62 bits per heavy atom. The topological polar surface area (TPSA) is 83.7 Å². The Morgan fingerprint density at radius 1 is 1.00 bits per heavy atom. The van der Waals surface area contributed by atoms with Crippen LogP contribution in [0.2, 0.25) is 0 Å². The third-order valence-electron chi connectivity index (χ3n) is 4.68. The van der Waals surface area contributed by atoms with Crippen LogP contribution in [0.3, 0.4) is 0 Å². The lowest BCUT2D eigenvalue weighted by Crippen LogP contribution is -2.47. The van der Waals surface area contributed by atoms with Crippen molar-refractivity contribution in [2.75, 3.05) is 42.2 Å². The van der Waals surface area contributed by atoms with E-state index in [1.807, 2.05) is 9.80 Å². The Labute approximate surface area is 164 Å². The van der Waals surface area contributed by atoms with Gasteiger partial charge in [0.15, 0.2) is 27.0 Å². The number of halogens is 3. The van der Waals surface area contributed by atoms with Gasteiger partial charge in [-0.25, -0.2) is 23.4 Å². The minimum atomic E-state index is -4.54. The van der Waals surface area contributed by atoms with Crippen LogP contribution in [0, 0.1) is 0 Å². The molecule has 12 heteroatoms. The van der Waals surface area contributed by atoms with Gasteiger partial charge in [-0.1, -0.05) is 0 Å². The zero-order valence-electron chi connectivity index (χ0n) is 15.3. The number of hydrogen-bond acceptors (Lipinski definition) is 7. The fourth-order valence-electron chi connectivity index (χ4n) is 3.31. The standard InChI is InChI=1S/C17H17F3N6O2S/c1-29(27,28)12-3-2-4-21-14(12)24-7-9-25(10-8-24)15-16-23-13(17(18,19)20)11-26(16)6-5-22-15/h2-6,11H,7-10H2,1H3. The lowest BCUT2D eigenvalue weighted by Gasteiger charge is -2.36. The van der Waals surface area contributed by atoms with Gasteiger partial charge < -0.3 is 14.2 Å². The molecule has 29 heavy (non-hydrogen) atoms. The van der Waals surface area contributed by atoms with E-state index in [9.17, 15) is 21.6 Å². The van der Waals surface area contributed by atoms with Crippen molar-refractivity contribution in [3.8, 4) is 0 Å². The largest absolute Gasteiger partial charge is 0.434 e. The van der Waals surface area contributed by atoms with Crippen molar-refractivity contribution in [2.45, 2.75) is 11.1 Å². The third-order valence-corrected chi connectivity index (χ3v) is 5.79. The quantitative estimate of drug-likeness (QED) is 0.632. The third kappa shape index (κ3) is 3.71. The maximum Gasteiger partial charge on any atom is 0.434 e. The van der Waals surface area contributed by atoms with E-state index in [4.69, 9.17) is 0 Å². The van der Waals surface area contributed by atoms with Crippen molar-refractivity contribution in [3.05, 3.63) is 42.6 Å². The van der Waals surface area contributed by atoms with Gasteiger partial charge in [-0.2, -0.15) is 13.2 Å². The SMILES string of the molecule is CS(=O)(=O)c1cccnc1N1CCN(c2nccn3cc(C(F)(F)F)nc23)CC1. The van der Waals surface area contributed by atoms with Crippen LogP contribution < -0.4 is 9.80 Å². The van der Waals surface area contributed by atoms with Crippen molar-refractivity contribution in [2.24, 2.45) is 0 Å². The molecule has 154 valence electrons. The number of rotatable bonds is 3. The van der Waals surface area contributed by atoms with E-state index in [-0.39, 0.29) is 10.5 Å². The molecule has 0 spiro atoms. The summed E-state index contributed by atoms with van der Waals surface area (Å²) in [6.07, 6.45) is 1.90. The van der Waals surface area contributed by atoms with Crippen molar-refractivity contribution in [1.29, 1.82) is 0 Å². The summed E-state index contributed by atoms with van der Waals surface area (Å²) in [5.41, 5.74) is -0.848. The molecule has 0 atom stereocenters. The summed E-state index contributed by atoms with van der Waals surface area (Å²) in [4.78, 5) is 16.0. The lowest BCUT2D eigenvalue weighted by molar-refractivity contribution is -0.140. The fraction of sp³-hybridized carbons (Fsp3) is 0.353. The highest BCUT2D eigenvalue weighted by atomic mass is 32.2. The Bertz CT molecular complexity index is 1150. The molecule has 4 heterocycles. The predicted molar refractivity (Wildman–Crippen MR) is 99.8 cm³/mol. The smallest absolute Gasteiger partial charge is 0.352 e. The summed E-state index contributed by atoms with van der Waals surface area (Å²) in [6.45, 7) is 1.74. The predicted octanol–water partition coefficient (Wildman–Crippen LogP) is 1.87. The van der Waals surface area contributed by atoms with Gasteiger partial charge in [-0.05, 0) is 12.1 Å². The monoisotopic (exact) mass is 426 g/mol. The second-order valence-corrected chi connectivity index (χ2v) is 8.66. The zero-order valence-corrected chi connectivity index (χ0v) is 16.2. The molecule has 3 aromatic rings. The molecule has 8 nitrogen and oxygen atoms in total. The first-order valence-corrected chi connectivity index (χ1v) is 10.6. The highest BCUT2D eigenvalue weighted by molar-refractivity contribution is 7.90. The number of nitrogens with zero attached hydrogens (tertiary/aromatic N) is 6. The minimum absolute atomic E-state index is 0.128. The molecular weight excluding hydrogens is 409 g/mol. The van der Waals surface area contributed by atoms with Crippen LogP contribution in [-0.2, 0) is 16.0 Å². The van der Waals surface area contributed by atoms with Crippen LogP contribution in [0.25, 0.3) is 5.65 Å². The van der Waals surface area contributed by atoms with Gasteiger partial charge in [-0.3, -0.25) is 0 Å². The normalized spacial score (nSPS) is 15.9. The molecule has 4 rings (SSSR count). The van der Waals surface area contributed by atoms with Gasteiger partial charge in [0.05, 0.1) is 0 Å². The van der Waals surface area contributed by atoms with Gasteiger partial charge in [0.2, 0.25) is 0 Å². The van der Waals surface area contributed by atoms with Crippen molar-refractivity contribution >= 4 is 27.1 Å². The lowest BCUT2D eigenvalue weighted by atomic mass is 10.3. The second-order valence-electron chi connectivity index (χ2n) is 6.68. The molecule has 1 saturated heterocycles. The Kier molecular flexibility index (Phi) is 4.60. The number of sulfone groups is 1. The summed E-state index contributed by atoms with van der Waals surface area (Å²) < 4.78 is 64.3. The van der Waals surface area contributed by atoms with Crippen LogP contribution in [0.4, 0.5) is 24.8 Å². The summed E-state index contributed by atoms with van der Waals surface area (Å²) in [6, 6.07) is 3.08. The highest BCUT2D eigenvalue weighted by Crippen LogP contribution is 2.31. The Morgan fingerprint density at radius 3 is 2.24 bits per heavy atom. The molecule has 0 bridgehead atoms. The fourth-order valence-corrected chi connectivity index (χ4v) is 4.14. The molecular formula is C17H17F3N6O2S. The number of alkyl halides is 3. The van der Waals surface area contributed by atoms with Gasteiger partial charge >= 0.3 is 6.18 Å². The molecule has 0 aromatic carbocycles. The molecule has 0 aliphatic carbocycles. The van der Waals surface area contributed by atoms with Crippen LogP contribution in [0.15, 0.2) is 41.8 Å². The van der Waals surface area contributed by atoms with Crippen LogP contribution >= 0.6 is 0 Å². The molecule has 0 N–H and O–H groups in total. The average Bonchev–Trinajstić information content (AvgIpc) is 3.12. The molecule has 1 aliphatic heterocycles. The number of pyridine rings is 1. The number of fused-ring (bicyclic) bond motifs is 1. The molecule has 0 saturated carbocycles. The molecule has 3 aromatic heterocycles. The van der Waals surface area contributed by atoms with Gasteiger partial charge in [0.1, 0.15) is 10.7 Å². The van der Waals surface area contributed by atoms with Gasteiger partial charge in [0, 0.05) is 57.2 Å². The summed E-state index contributed by atoms with van der Waals surface area (Å²) in [5.74, 6) is 0.730. The van der Waals surface area contributed by atoms with Gasteiger partial charge in [0.25, 0.3) is 0 Å². The number of piperazine rings is 1. The maximum absolute atomic E-state index is 13.0. The van der Waals surface area contributed by atoms with E-state index in [0.717, 1.165) is 12.5 Å². The van der Waals surface area contributed by atoms with E-state index in [0.29, 0.717) is 37.8 Å². The maximum atomic E-state index is 13.0. The molecule has 1 aliphatic rings. The number of aromatic nitrogens is 4. The second kappa shape index (κ2) is 6.87.